The second kappa shape index (κ2) is 6.36. The molecule has 1 aromatic rings. The molecule has 2 unspecified atom stereocenters. The number of carbonyl (C=O) groups excluding carboxylic acids is 1. The maximum atomic E-state index is 12.8. The van der Waals surface area contributed by atoms with Gasteiger partial charge in [-0.3, -0.25) is 4.79 Å². The molecule has 3 rings (SSSR count). The number of hydrogen-bond donors (Lipinski definition) is 1. The molecule has 2 bridgehead atoms. The molecule has 2 saturated heterocycles. The summed E-state index contributed by atoms with van der Waals surface area (Å²) in [6, 6.07) is 7.87. The second-order valence-corrected chi connectivity index (χ2v) is 7.08. The number of carbonyl (C=O) groups is 1. The lowest BCUT2D eigenvalue weighted by Gasteiger charge is -2.36. The Bertz CT molecular complexity index is 494. The van der Waals surface area contributed by atoms with E-state index in [0.29, 0.717) is 23.9 Å². The molecule has 0 aliphatic carbocycles. The molecule has 0 saturated carbocycles. The van der Waals surface area contributed by atoms with Gasteiger partial charge in [0.05, 0.1) is 5.75 Å². The molecule has 5 heteroatoms. The van der Waals surface area contributed by atoms with Crippen LogP contribution in [-0.2, 0) is 4.79 Å². The van der Waals surface area contributed by atoms with E-state index < -0.39 is 0 Å². The molecule has 2 fully saturated rings. The van der Waals surface area contributed by atoms with E-state index in [1.54, 1.807) is 12.1 Å². The van der Waals surface area contributed by atoms with Crippen molar-refractivity contribution in [2.24, 2.45) is 0 Å². The predicted molar refractivity (Wildman–Crippen MR) is 82.9 cm³/mol. The van der Waals surface area contributed by atoms with Crippen LogP contribution in [0.1, 0.15) is 25.7 Å². The molecule has 0 radical (unpaired) electrons. The number of amides is 1. The van der Waals surface area contributed by atoms with Crippen LogP contribution in [0.4, 0.5) is 4.39 Å². The predicted octanol–water partition coefficient (Wildman–Crippen LogP) is 2.66. The Morgan fingerprint density at radius 2 is 1.90 bits per heavy atom. The Morgan fingerprint density at radius 1 is 1.29 bits per heavy atom. The number of fused-ring (bicyclic) bond motifs is 2. The van der Waals surface area contributed by atoms with Crippen LogP contribution < -0.4 is 5.32 Å². The summed E-state index contributed by atoms with van der Waals surface area (Å²) in [6.07, 6.45) is 4.66. The van der Waals surface area contributed by atoms with E-state index in [-0.39, 0.29) is 11.7 Å². The highest BCUT2D eigenvalue weighted by molar-refractivity contribution is 8.00. The van der Waals surface area contributed by atoms with Crippen LogP contribution in [0.5, 0.6) is 0 Å². The summed E-state index contributed by atoms with van der Waals surface area (Å²) in [5.41, 5.74) is 0. The van der Waals surface area contributed by atoms with Gasteiger partial charge >= 0.3 is 0 Å². The highest BCUT2D eigenvalue weighted by Gasteiger charge is 2.38. The van der Waals surface area contributed by atoms with E-state index in [1.165, 1.54) is 36.7 Å². The van der Waals surface area contributed by atoms with Crippen molar-refractivity contribution in [2.45, 2.75) is 48.7 Å². The van der Waals surface area contributed by atoms with Crippen molar-refractivity contribution in [2.75, 3.05) is 12.8 Å². The van der Waals surface area contributed by atoms with Gasteiger partial charge in [-0.25, -0.2) is 4.39 Å². The van der Waals surface area contributed by atoms with Crippen molar-refractivity contribution in [1.29, 1.82) is 0 Å². The number of rotatable bonds is 4. The number of halogens is 1. The standard InChI is InChI=1S/C16H21FN2OS/c1-19-13-4-5-14(19)9-12(8-13)18-16(20)10-21-15-6-2-11(17)3-7-15/h2-3,6-7,12-14H,4-5,8-10H2,1H3,(H,18,20). The van der Waals surface area contributed by atoms with Gasteiger partial charge in [-0.05, 0) is 57.0 Å². The topological polar surface area (TPSA) is 32.3 Å². The fourth-order valence-electron chi connectivity index (χ4n) is 3.48. The molecule has 114 valence electrons. The SMILES string of the molecule is CN1C2CCC1CC(NC(=O)CSc1ccc(F)cc1)C2. The van der Waals surface area contributed by atoms with Gasteiger partial charge in [0.25, 0.3) is 0 Å². The first kappa shape index (κ1) is 14.9. The van der Waals surface area contributed by atoms with E-state index in [2.05, 4.69) is 17.3 Å². The smallest absolute Gasteiger partial charge is 0.230 e. The zero-order valence-corrected chi connectivity index (χ0v) is 13.0. The first-order valence-corrected chi connectivity index (χ1v) is 8.50. The monoisotopic (exact) mass is 308 g/mol. The van der Waals surface area contributed by atoms with Crippen molar-refractivity contribution in [3.05, 3.63) is 30.1 Å². The normalized spacial score (nSPS) is 28.6. The molecule has 3 nitrogen and oxygen atoms in total. The van der Waals surface area contributed by atoms with E-state index in [9.17, 15) is 9.18 Å². The third-order valence-corrected chi connectivity index (χ3v) is 5.66. The van der Waals surface area contributed by atoms with Crippen LogP contribution in [0.2, 0.25) is 0 Å². The quantitative estimate of drug-likeness (QED) is 0.868. The van der Waals surface area contributed by atoms with Crippen molar-refractivity contribution in [3.63, 3.8) is 0 Å². The molecule has 2 aliphatic rings. The molecule has 2 heterocycles. The minimum atomic E-state index is -0.245. The second-order valence-electron chi connectivity index (χ2n) is 6.03. The summed E-state index contributed by atoms with van der Waals surface area (Å²) in [4.78, 5) is 15.4. The van der Waals surface area contributed by atoms with Gasteiger partial charge in [-0.2, -0.15) is 0 Å². The Kier molecular flexibility index (Phi) is 4.50. The fraction of sp³-hybridized carbons (Fsp3) is 0.562. The minimum absolute atomic E-state index is 0.0817. The summed E-state index contributed by atoms with van der Waals surface area (Å²) in [5, 5.41) is 3.16. The van der Waals surface area contributed by atoms with Crippen LogP contribution in [0.15, 0.2) is 29.2 Å². The third-order valence-electron chi connectivity index (χ3n) is 4.65. The van der Waals surface area contributed by atoms with Crippen molar-refractivity contribution < 1.29 is 9.18 Å². The molecular formula is C16H21FN2OS. The number of thioether (sulfide) groups is 1. The fourth-order valence-corrected chi connectivity index (χ4v) is 4.19. The van der Waals surface area contributed by atoms with Crippen LogP contribution in [0, 0.1) is 5.82 Å². The van der Waals surface area contributed by atoms with Crippen LogP contribution in [0.25, 0.3) is 0 Å². The lowest BCUT2D eigenvalue weighted by molar-refractivity contribution is -0.119. The summed E-state index contributed by atoms with van der Waals surface area (Å²) in [7, 11) is 2.20. The largest absolute Gasteiger partial charge is 0.353 e. The van der Waals surface area contributed by atoms with Crippen LogP contribution in [-0.4, -0.2) is 41.7 Å². The lowest BCUT2D eigenvalue weighted by atomic mass is 9.98. The first-order chi connectivity index (χ1) is 10.1. The Morgan fingerprint density at radius 3 is 2.52 bits per heavy atom. The summed E-state index contributed by atoms with van der Waals surface area (Å²) < 4.78 is 12.8. The number of nitrogens with zero attached hydrogens (tertiary/aromatic N) is 1. The van der Waals surface area contributed by atoms with Gasteiger partial charge < -0.3 is 10.2 Å². The van der Waals surface area contributed by atoms with Crippen molar-refractivity contribution >= 4 is 17.7 Å². The van der Waals surface area contributed by atoms with Gasteiger partial charge in [0, 0.05) is 23.0 Å². The number of nitrogens with one attached hydrogen (secondary N) is 1. The maximum Gasteiger partial charge on any atom is 0.230 e. The Labute approximate surface area is 129 Å². The first-order valence-electron chi connectivity index (χ1n) is 7.51. The number of benzene rings is 1. The van der Waals surface area contributed by atoms with Gasteiger partial charge in [0.15, 0.2) is 0 Å². The van der Waals surface area contributed by atoms with E-state index in [4.69, 9.17) is 0 Å². The van der Waals surface area contributed by atoms with E-state index >= 15 is 0 Å². The van der Waals surface area contributed by atoms with Gasteiger partial charge in [0.1, 0.15) is 5.82 Å². The van der Waals surface area contributed by atoms with E-state index in [1.807, 2.05) is 0 Å². The molecule has 1 amide bonds. The van der Waals surface area contributed by atoms with Gasteiger partial charge in [-0.15, -0.1) is 11.8 Å². The average Bonchev–Trinajstić information content (AvgIpc) is 2.69. The summed E-state index contributed by atoms with van der Waals surface area (Å²) >= 11 is 1.45. The van der Waals surface area contributed by atoms with Gasteiger partial charge in [-0.1, -0.05) is 0 Å². The van der Waals surface area contributed by atoms with Crippen molar-refractivity contribution in [3.8, 4) is 0 Å². The Balaban J connectivity index is 1.45. The zero-order chi connectivity index (χ0) is 14.8. The number of piperidine rings is 1. The van der Waals surface area contributed by atoms with Crippen LogP contribution in [0.3, 0.4) is 0 Å². The molecule has 1 aromatic carbocycles. The summed E-state index contributed by atoms with van der Waals surface area (Å²) in [6.45, 7) is 0. The molecule has 0 aromatic heterocycles. The van der Waals surface area contributed by atoms with Crippen LogP contribution >= 0.6 is 11.8 Å². The highest BCUT2D eigenvalue weighted by atomic mass is 32.2. The van der Waals surface area contributed by atoms with Gasteiger partial charge in [0.2, 0.25) is 5.91 Å². The molecule has 2 atom stereocenters. The highest BCUT2D eigenvalue weighted by Crippen LogP contribution is 2.34. The molecular weight excluding hydrogens is 287 g/mol. The minimum Gasteiger partial charge on any atom is -0.353 e. The lowest BCUT2D eigenvalue weighted by Crippen LogP contribution is -2.49. The number of hydrogen-bond acceptors (Lipinski definition) is 3. The Hall–Kier alpha value is -1.07. The average molecular weight is 308 g/mol. The zero-order valence-electron chi connectivity index (χ0n) is 12.2. The molecule has 2 aliphatic heterocycles. The maximum absolute atomic E-state index is 12.8. The molecule has 21 heavy (non-hydrogen) atoms. The molecule has 1 N–H and O–H groups in total. The molecule has 0 spiro atoms. The van der Waals surface area contributed by atoms with E-state index in [0.717, 1.165) is 17.7 Å². The van der Waals surface area contributed by atoms with Crippen molar-refractivity contribution in [1.82, 2.24) is 10.2 Å². The third kappa shape index (κ3) is 3.58. The summed E-state index contributed by atoms with van der Waals surface area (Å²) in [5.74, 6) is 0.233.